The number of nitrogens with two attached hydrogens (primary N) is 1. The molecule has 0 spiro atoms. The van der Waals surface area contributed by atoms with Crippen LogP contribution in [-0.2, 0) is 28.3 Å². The minimum atomic E-state index is -3.31. The molecule has 26 heavy (non-hydrogen) atoms. The lowest BCUT2D eigenvalue weighted by Gasteiger charge is -2.26. The first-order valence-electron chi connectivity index (χ1n) is 8.52. The fourth-order valence-electron chi connectivity index (χ4n) is 3.05. The number of carbonyl (C=O) groups is 1. The average Bonchev–Trinajstić information content (AvgIpc) is 2.54. The minimum absolute atomic E-state index is 0.206. The number of rotatable bonds is 7. The Hall–Kier alpha value is -2.34. The van der Waals surface area contributed by atoms with E-state index >= 15 is 0 Å². The van der Waals surface area contributed by atoms with Gasteiger partial charge < -0.3 is 5.73 Å². The zero-order valence-corrected chi connectivity index (χ0v) is 16.5. The normalized spacial score (nSPS) is 12.0. The monoisotopic (exact) mass is 374 g/mol. The van der Waals surface area contributed by atoms with Crippen LogP contribution >= 0.6 is 0 Å². The van der Waals surface area contributed by atoms with Gasteiger partial charge in [-0.1, -0.05) is 45.0 Å². The summed E-state index contributed by atoms with van der Waals surface area (Å²) in [6, 6.07) is 13.2. The Morgan fingerprint density at radius 2 is 1.85 bits per heavy atom. The van der Waals surface area contributed by atoms with Crippen LogP contribution in [0.5, 0.6) is 0 Å². The zero-order valence-electron chi connectivity index (χ0n) is 15.7. The maximum absolute atomic E-state index is 11.5. The van der Waals surface area contributed by atoms with Crippen LogP contribution in [0.15, 0.2) is 42.5 Å². The second kappa shape index (κ2) is 7.50. The highest BCUT2D eigenvalue weighted by molar-refractivity contribution is 7.92. The fourth-order valence-corrected chi connectivity index (χ4v) is 3.65. The van der Waals surface area contributed by atoms with Gasteiger partial charge >= 0.3 is 0 Å². The molecule has 1 amide bonds. The molecule has 5 nitrogen and oxygen atoms in total. The van der Waals surface area contributed by atoms with E-state index in [1.807, 2.05) is 43.3 Å². The van der Waals surface area contributed by atoms with Crippen LogP contribution in [0.3, 0.4) is 0 Å². The second-order valence-corrected chi connectivity index (χ2v) is 8.97. The van der Waals surface area contributed by atoms with Gasteiger partial charge in [-0.25, -0.2) is 8.42 Å². The standard InChI is InChI=1S/C20H26N2O3S/c1-5-15-11-14(9-10-18(15)22-26(4,24)25)13-20(2,3)17-8-6-7-16(12-17)19(21)23/h6-12,22H,5,13H2,1-4H3,(H2,21,23). The highest BCUT2D eigenvalue weighted by Crippen LogP contribution is 2.30. The number of primary amides is 1. The lowest BCUT2D eigenvalue weighted by atomic mass is 9.78. The molecule has 0 saturated carbocycles. The Bertz CT molecular complexity index is 918. The summed E-state index contributed by atoms with van der Waals surface area (Å²) in [6.07, 6.45) is 2.62. The summed E-state index contributed by atoms with van der Waals surface area (Å²) >= 11 is 0. The van der Waals surface area contributed by atoms with E-state index in [2.05, 4.69) is 18.6 Å². The molecule has 0 fully saturated rings. The van der Waals surface area contributed by atoms with Crippen molar-refractivity contribution in [3.8, 4) is 0 Å². The Morgan fingerprint density at radius 3 is 2.42 bits per heavy atom. The predicted molar refractivity (Wildman–Crippen MR) is 106 cm³/mol. The molecule has 0 aliphatic heterocycles. The maximum Gasteiger partial charge on any atom is 0.248 e. The first-order valence-corrected chi connectivity index (χ1v) is 10.4. The van der Waals surface area contributed by atoms with Gasteiger partial charge in [0, 0.05) is 5.56 Å². The molecule has 6 heteroatoms. The first-order chi connectivity index (χ1) is 12.0. The molecule has 0 heterocycles. The van der Waals surface area contributed by atoms with Crippen molar-refractivity contribution in [3.05, 3.63) is 64.7 Å². The second-order valence-electron chi connectivity index (χ2n) is 7.22. The molecule has 0 saturated heterocycles. The Labute approximate surface area is 155 Å². The van der Waals surface area contributed by atoms with Crippen molar-refractivity contribution >= 4 is 21.6 Å². The van der Waals surface area contributed by atoms with Crippen LogP contribution in [0.25, 0.3) is 0 Å². The average molecular weight is 375 g/mol. The number of carbonyl (C=O) groups excluding carboxylic acids is 1. The van der Waals surface area contributed by atoms with Gasteiger partial charge in [0.2, 0.25) is 15.9 Å². The molecule has 2 rings (SSSR count). The van der Waals surface area contributed by atoms with E-state index in [1.165, 1.54) is 0 Å². The molecular formula is C20H26N2O3S. The molecule has 0 aliphatic rings. The number of anilines is 1. The van der Waals surface area contributed by atoms with Gasteiger partial charge in [0.25, 0.3) is 0 Å². The van der Waals surface area contributed by atoms with E-state index in [1.54, 1.807) is 6.07 Å². The largest absolute Gasteiger partial charge is 0.366 e. The maximum atomic E-state index is 11.5. The lowest BCUT2D eigenvalue weighted by Crippen LogP contribution is -2.22. The summed E-state index contributed by atoms with van der Waals surface area (Å²) in [7, 11) is -3.31. The summed E-state index contributed by atoms with van der Waals surface area (Å²) in [5.41, 5.74) is 9.39. The van der Waals surface area contributed by atoms with Crippen LogP contribution in [0.4, 0.5) is 5.69 Å². The molecular weight excluding hydrogens is 348 g/mol. The quantitative estimate of drug-likeness (QED) is 0.780. The van der Waals surface area contributed by atoms with Crippen LogP contribution in [0, 0.1) is 0 Å². The van der Waals surface area contributed by atoms with Crippen molar-refractivity contribution in [1.82, 2.24) is 0 Å². The Morgan fingerprint density at radius 1 is 1.15 bits per heavy atom. The minimum Gasteiger partial charge on any atom is -0.366 e. The summed E-state index contributed by atoms with van der Waals surface area (Å²) in [6.45, 7) is 6.22. The van der Waals surface area contributed by atoms with E-state index in [4.69, 9.17) is 5.73 Å². The summed E-state index contributed by atoms with van der Waals surface area (Å²) in [5.74, 6) is -0.438. The highest BCUT2D eigenvalue weighted by atomic mass is 32.2. The van der Waals surface area contributed by atoms with Gasteiger partial charge in [-0.3, -0.25) is 9.52 Å². The molecule has 3 N–H and O–H groups in total. The lowest BCUT2D eigenvalue weighted by molar-refractivity contribution is 0.1000. The van der Waals surface area contributed by atoms with Crippen LogP contribution in [-0.4, -0.2) is 20.6 Å². The van der Waals surface area contributed by atoms with E-state index < -0.39 is 15.9 Å². The molecule has 0 bridgehead atoms. The molecule has 0 atom stereocenters. The molecule has 140 valence electrons. The Kier molecular flexibility index (Phi) is 5.76. The van der Waals surface area contributed by atoms with Crippen LogP contribution in [0.1, 0.15) is 47.8 Å². The smallest absolute Gasteiger partial charge is 0.248 e. The summed E-state index contributed by atoms with van der Waals surface area (Å²) in [5, 5.41) is 0. The highest BCUT2D eigenvalue weighted by Gasteiger charge is 2.22. The van der Waals surface area contributed by atoms with Gasteiger partial charge in [0.15, 0.2) is 0 Å². The van der Waals surface area contributed by atoms with Gasteiger partial charge in [-0.05, 0) is 53.1 Å². The third-order valence-electron chi connectivity index (χ3n) is 4.42. The topological polar surface area (TPSA) is 89.3 Å². The van der Waals surface area contributed by atoms with Crippen molar-refractivity contribution in [1.29, 1.82) is 0 Å². The molecule has 0 aromatic heterocycles. The van der Waals surface area contributed by atoms with Crippen molar-refractivity contribution in [3.63, 3.8) is 0 Å². The van der Waals surface area contributed by atoms with E-state index in [0.717, 1.165) is 35.8 Å². The van der Waals surface area contributed by atoms with Crippen molar-refractivity contribution in [2.75, 3.05) is 11.0 Å². The van der Waals surface area contributed by atoms with Crippen molar-refractivity contribution in [2.24, 2.45) is 5.73 Å². The number of nitrogens with one attached hydrogen (secondary N) is 1. The third-order valence-corrected chi connectivity index (χ3v) is 5.01. The summed E-state index contributed by atoms with van der Waals surface area (Å²) in [4.78, 5) is 11.4. The number of sulfonamides is 1. The molecule has 2 aromatic carbocycles. The number of aryl methyl sites for hydroxylation is 1. The van der Waals surface area contributed by atoms with Gasteiger partial charge in [-0.2, -0.15) is 0 Å². The SMILES string of the molecule is CCc1cc(CC(C)(C)c2cccc(C(N)=O)c2)ccc1NS(C)(=O)=O. The predicted octanol–water partition coefficient (Wildman–Crippen LogP) is 3.24. The number of hydrogen-bond donors (Lipinski definition) is 2. The summed E-state index contributed by atoms with van der Waals surface area (Å²) < 4.78 is 25.6. The molecule has 0 radical (unpaired) electrons. The molecule has 0 aliphatic carbocycles. The Balaban J connectivity index is 2.31. The molecule has 2 aromatic rings. The van der Waals surface area contributed by atoms with Crippen LogP contribution < -0.4 is 10.5 Å². The molecule has 0 unspecified atom stereocenters. The van der Waals surface area contributed by atoms with Gasteiger partial charge in [-0.15, -0.1) is 0 Å². The zero-order chi connectivity index (χ0) is 19.5. The van der Waals surface area contributed by atoms with Crippen molar-refractivity contribution < 1.29 is 13.2 Å². The van der Waals surface area contributed by atoms with Crippen LogP contribution in [0.2, 0.25) is 0 Å². The van der Waals surface area contributed by atoms with Gasteiger partial charge in [0.1, 0.15) is 0 Å². The van der Waals surface area contributed by atoms with Crippen molar-refractivity contribution in [2.45, 2.75) is 39.0 Å². The van der Waals surface area contributed by atoms with E-state index in [-0.39, 0.29) is 5.41 Å². The van der Waals surface area contributed by atoms with E-state index in [9.17, 15) is 13.2 Å². The van der Waals surface area contributed by atoms with E-state index in [0.29, 0.717) is 11.3 Å². The number of hydrogen-bond acceptors (Lipinski definition) is 3. The first kappa shape index (κ1) is 20.0. The third kappa shape index (κ3) is 5.08. The number of amides is 1. The number of benzene rings is 2. The van der Waals surface area contributed by atoms with Gasteiger partial charge in [0.05, 0.1) is 11.9 Å². The fraction of sp³-hybridized carbons (Fsp3) is 0.350.